The fourth-order valence-corrected chi connectivity index (χ4v) is 3.13. The SMILES string of the molecule is CC(C)=CCC/C(C)=C/CN(C(=O)c1ccccc1[N+](=O)[O-])c1ccc(N(C)C)cc1. The zero-order valence-electron chi connectivity index (χ0n) is 19.0. The minimum absolute atomic E-state index is 0.0831. The number of carbonyl (C=O) groups is 1. The van der Waals surface area contributed by atoms with Crippen LogP contribution < -0.4 is 9.80 Å². The van der Waals surface area contributed by atoms with Crippen LogP contribution in [-0.4, -0.2) is 31.5 Å². The molecule has 164 valence electrons. The summed E-state index contributed by atoms with van der Waals surface area (Å²) in [5.41, 5.74) is 4.05. The second-order valence-corrected chi connectivity index (χ2v) is 7.97. The predicted octanol–water partition coefficient (Wildman–Crippen LogP) is 6.00. The quantitative estimate of drug-likeness (QED) is 0.283. The number of allylic oxidation sites excluding steroid dienone is 3. The van der Waals surface area contributed by atoms with E-state index in [9.17, 15) is 14.9 Å². The summed E-state index contributed by atoms with van der Waals surface area (Å²) in [6, 6.07) is 13.7. The van der Waals surface area contributed by atoms with Crippen LogP contribution >= 0.6 is 0 Å². The first-order valence-corrected chi connectivity index (χ1v) is 10.3. The van der Waals surface area contributed by atoms with Gasteiger partial charge in [0.05, 0.1) is 4.92 Å². The lowest BCUT2D eigenvalue weighted by atomic mass is 10.1. The molecule has 0 N–H and O–H groups in total. The van der Waals surface area contributed by atoms with Crippen molar-refractivity contribution in [1.82, 2.24) is 0 Å². The monoisotopic (exact) mass is 421 g/mol. The molecule has 2 aromatic carbocycles. The van der Waals surface area contributed by atoms with Crippen molar-refractivity contribution in [3.05, 3.63) is 87.5 Å². The van der Waals surface area contributed by atoms with Crippen LogP contribution in [0.5, 0.6) is 0 Å². The maximum absolute atomic E-state index is 13.4. The number of benzene rings is 2. The number of anilines is 2. The van der Waals surface area contributed by atoms with Crippen LogP contribution in [0.25, 0.3) is 0 Å². The van der Waals surface area contributed by atoms with E-state index < -0.39 is 10.8 Å². The van der Waals surface area contributed by atoms with Crippen molar-refractivity contribution in [3.63, 3.8) is 0 Å². The van der Waals surface area contributed by atoms with Gasteiger partial charge in [0.15, 0.2) is 0 Å². The number of nitro benzene ring substituents is 1. The Labute approximate surface area is 184 Å². The number of amides is 1. The highest BCUT2D eigenvalue weighted by Crippen LogP contribution is 2.25. The summed E-state index contributed by atoms with van der Waals surface area (Å²) < 4.78 is 0. The standard InChI is InChI=1S/C25H31N3O3/c1-19(2)9-8-10-20(3)17-18-27(22-15-13-21(14-16-22)26(4)5)25(29)23-11-6-7-12-24(23)28(30)31/h6-7,9,11-17H,8,10,18H2,1-5H3/b20-17+. The maximum Gasteiger partial charge on any atom is 0.282 e. The van der Waals surface area contributed by atoms with Gasteiger partial charge in [-0.15, -0.1) is 0 Å². The Morgan fingerprint density at radius 1 is 0.968 bits per heavy atom. The maximum atomic E-state index is 13.4. The van der Waals surface area contributed by atoms with Gasteiger partial charge in [-0.3, -0.25) is 14.9 Å². The van der Waals surface area contributed by atoms with Crippen molar-refractivity contribution in [3.8, 4) is 0 Å². The lowest BCUT2D eigenvalue weighted by Gasteiger charge is -2.23. The van der Waals surface area contributed by atoms with Crippen molar-refractivity contribution >= 4 is 23.0 Å². The molecule has 0 bridgehead atoms. The van der Waals surface area contributed by atoms with Gasteiger partial charge in [0, 0.05) is 38.1 Å². The molecule has 6 nitrogen and oxygen atoms in total. The van der Waals surface area contributed by atoms with Gasteiger partial charge in [0.25, 0.3) is 11.6 Å². The molecule has 0 radical (unpaired) electrons. The summed E-state index contributed by atoms with van der Waals surface area (Å²) in [6.45, 7) is 6.53. The van der Waals surface area contributed by atoms with E-state index in [1.807, 2.05) is 56.3 Å². The third-order valence-electron chi connectivity index (χ3n) is 4.97. The summed E-state index contributed by atoms with van der Waals surface area (Å²) in [4.78, 5) is 27.9. The number of para-hydroxylation sites is 1. The van der Waals surface area contributed by atoms with Gasteiger partial charge in [0.1, 0.15) is 5.56 Å². The highest BCUT2D eigenvalue weighted by molar-refractivity contribution is 6.08. The van der Waals surface area contributed by atoms with Crippen molar-refractivity contribution in [2.75, 3.05) is 30.4 Å². The fourth-order valence-electron chi connectivity index (χ4n) is 3.13. The Morgan fingerprint density at radius 2 is 1.58 bits per heavy atom. The minimum Gasteiger partial charge on any atom is -0.378 e. The summed E-state index contributed by atoms with van der Waals surface area (Å²) in [5, 5.41) is 11.5. The molecule has 0 saturated heterocycles. The molecule has 0 atom stereocenters. The number of rotatable bonds is 9. The molecule has 0 unspecified atom stereocenters. The van der Waals surface area contributed by atoms with E-state index >= 15 is 0 Å². The topological polar surface area (TPSA) is 66.7 Å². The van der Waals surface area contributed by atoms with Gasteiger partial charge in [-0.05, 0) is 63.9 Å². The third kappa shape index (κ3) is 6.81. The first-order chi connectivity index (χ1) is 14.7. The van der Waals surface area contributed by atoms with Crippen LogP contribution in [0.1, 0.15) is 44.0 Å². The number of nitrogens with zero attached hydrogens (tertiary/aromatic N) is 3. The second kappa shape index (κ2) is 11.1. The Kier molecular flexibility index (Phi) is 8.55. The van der Waals surface area contributed by atoms with Gasteiger partial charge in [0.2, 0.25) is 0 Å². The van der Waals surface area contributed by atoms with Crippen LogP contribution in [0.2, 0.25) is 0 Å². The van der Waals surface area contributed by atoms with Gasteiger partial charge < -0.3 is 9.80 Å². The Hall–Kier alpha value is -3.41. The number of hydrogen-bond acceptors (Lipinski definition) is 4. The smallest absolute Gasteiger partial charge is 0.282 e. The molecule has 0 spiro atoms. The van der Waals surface area contributed by atoms with Gasteiger partial charge in [-0.2, -0.15) is 0 Å². The highest BCUT2D eigenvalue weighted by atomic mass is 16.6. The molecule has 0 saturated carbocycles. The van der Waals surface area contributed by atoms with E-state index in [1.54, 1.807) is 17.0 Å². The lowest BCUT2D eigenvalue weighted by Crippen LogP contribution is -2.31. The van der Waals surface area contributed by atoms with Crippen LogP contribution in [0.15, 0.2) is 71.8 Å². The Morgan fingerprint density at radius 3 is 2.16 bits per heavy atom. The average molecular weight is 422 g/mol. The molecule has 1 amide bonds. The Bertz CT molecular complexity index is 972. The van der Waals surface area contributed by atoms with E-state index in [0.717, 1.165) is 18.5 Å². The van der Waals surface area contributed by atoms with Gasteiger partial charge >= 0.3 is 0 Å². The molecule has 0 aliphatic heterocycles. The molecule has 2 aromatic rings. The van der Waals surface area contributed by atoms with E-state index in [2.05, 4.69) is 19.9 Å². The number of nitro groups is 1. The van der Waals surface area contributed by atoms with E-state index in [-0.39, 0.29) is 11.3 Å². The molecule has 6 heteroatoms. The van der Waals surface area contributed by atoms with Crippen LogP contribution in [0.3, 0.4) is 0 Å². The molecule has 31 heavy (non-hydrogen) atoms. The Balaban J connectivity index is 2.37. The molecular formula is C25H31N3O3. The summed E-state index contributed by atoms with van der Waals surface area (Å²) in [7, 11) is 3.90. The van der Waals surface area contributed by atoms with Gasteiger partial charge in [-0.1, -0.05) is 35.4 Å². The average Bonchev–Trinajstić information content (AvgIpc) is 2.73. The van der Waals surface area contributed by atoms with Crippen LogP contribution in [0.4, 0.5) is 17.1 Å². The molecule has 0 heterocycles. The normalized spacial score (nSPS) is 11.1. The van der Waals surface area contributed by atoms with E-state index in [0.29, 0.717) is 12.2 Å². The lowest BCUT2D eigenvalue weighted by molar-refractivity contribution is -0.385. The van der Waals surface area contributed by atoms with E-state index in [1.165, 1.54) is 23.3 Å². The molecular weight excluding hydrogens is 390 g/mol. The summed E-state index contributed by atoms with van der Waals surface area (Å²) >= 11 is 0. The molecule has 0 fully saturated rings. The fraction of sp³-hybridized carbons (Fsp3) is 0.320. The van der Waals surface area contributed by atoms with E-state index in [4.69, 9.17) is 0 Å². The predicted molar refractivity (Wildman–Crippen MR) is 128 cm³/mol. The van der Waals surface area contributed by atoms with Crippen molar-refractivity contribution in [2.24, 2.45) is 0 Å². The summed E-state index contributed by atoms with van der Waals surface area (Å²) in [6.07, 6.45) is 6.05. The zero-order chi connectivity index (χ0) is 23.0. The summed E-state index contributed by atoms with van der Waals surface area (Å²) in [5.74, 6) is -0.391. The second-order valence-electron chi connectivity index (χ2n) is 7.97. The zero-order valence-corrected chi connectivity index (χ0v) is 19.0. The number of carbonyl (C=O) groups excluding carboxylic acids is 1. The minimum atomic E-state index is -0.513. The molecule has 0 aliphatic carbocycles. The van der Waals surface area contributed by atoms with Crippen molar-refractivity contribution < 1.29 is 9.72 Å². The molecule has 0 aliphatic rings. The largest absolute Gasteiger partial charge is 0.378 e. The first kappa shape index (κ1) is 23.9. The van der Waals surface area contributed by atoms with Crippen molar-refractivity contribution in [1.29, 1.82) is 0 Å². The molecule has 0 aromatic heterocycles. The van der Waals surface area contributed by atoms with Crippen LogP contribution in [-0.2, 0) is 0 Å². The molecule has 2 rings (SSSR count). The third-order valence-corrected chi connectivity index (χ3v) is 4.97. The van der Waals surface area contributed by atoms with Crippen molar-refractivity contribution in [2.45, 2.75) is 33.6 Å². The highest BCUT2D eigenvalue weighted by Gasteiger charge is 2.25. The van der Waals surface area contributed by atoms with Crippen LogP contribution in [0, 0.1) is 10.1 Å². The number of hydrogen-bond donors (Lipinski definition) is 0. The van der Waals surface area contributed by atoms with Gasteiger partial charge in [-0.25, -0.2) is 0 Å². The first-order valence-electron chi connectivity index (χ1n) is 10.3.